The van der Waals surface area contributed by atoms with Crippen molar-refractivity contribution in [2.75, 3.05) is 39.6 Å². The van der Waals surface area contributed by atoms with E-state index in [0.717, 1.165) is 109 Å². The number of carbonyl (C=O) groups is 4. The standard InChI is InChI=1S/C61H118O17P2/c1-51(2)37-29-21-13-10-9-11-15-27-35-43-60(65)77-56(47-71-58(63)41-33-25-19-17-23-31-39-53(5)6)49-75-79(67,68)73-45-55(62)46-74-80(69,70)76-50-57(48-72-59(64)42-34-26-20-18-24-32-40-54(7)8)78-61(66)44-36-28-16-12-14-22-30-38-52(3)4/h51-57,62H,9-50H2,1-8H3,(H,67,68)(H,69,70)/t55-,56-,57-/m1/s1. The van der Waals surface area contributed by atoms with Crippen molar-refractivity contribution in [1.82, 2.24) is 0 Å². The van der Waals surface area contributed by atoms with Crippen LogP contribution in [0, 0.1) is 23.7 Å². The van der Waals surface area contributed by atoms with E-state index in [0.29, 0.717) is 43.4 Å². The van der Waals surface area contributed by atoms with Crippen LogP contribution in [0.2, 0.25) is 0 Å². The molecule has 17 nitrogen and oxygen atoms in total. The number of unbranched alkanes of at least 4 members (excludes halogenated alkanes) is 24. The summed E-state index contributed by atoms with van der Waals surface area (Å²) in [6, 6.07) is 0. The zero-order chi connectivity index (χ0) is 59.7. The summed E-state index contributed by atoms with van der Waals surface area (Å²) in [6.45, 7) is 13.8. The van der Waals surface area contributed by atoms with Gasteiger partial charge in [0.25, 0.3) is 0 Å². The van der Waals surface area contributed by atoms with Crippen molar-refractivity contribution < 1.29 is 80.2 Å². The number of esters is 4. The van der Waals surface area contributed by atoms with Gasteiger partial charge in [-0.05, 0) is 49.4 Å². The highest BCUT2D eigenvalue weighted by Crippen LogP contribution is 2.45. The minimum Gasteiger partial charge on any atom is -0.462 e. The summed E-state index contributed by atoms with van der Waals surface area (Å²) >= 11 is 0. The summed E-state index contributed by atoms with van der Waals surface area (Å²) < 4.78 is 67.8. The van der Waals surface area contributed by atoms with Crippen LogP contribution in [0.4, 0.5) is 0 Å². The van der Waals surface area contributed by atoms with Crippen molar-refractivity contribution in [3.05, 3.63) is 0 Å². The van der Waals surface area contributed by atoms with Gasteiger partial charge in [0.15, 0.2) is 12.2 Å². The number of aliphatic hydroxyl groups is 1. The second-order valence-electron chi connectivity index (χ2n) is 24.0. The van der Waals surface area contributed by atoms with E-state index in [1.807, 2.05) is 0 Å². The predicted octanol–water partition coefficient (Wildman–Crippen LogP) is 16.2. The highest BCUT2D eigenvalue weighted by molar-refractivity contribution is 7.47. The average Bonchev–Trinajstić information content (AvgIpc) is 3.39. The minimum atomic E-state index is -4.94. The lowest BCUT2D eigenvalue weighted by Gasteiger charge is -2.21. The van der Waals surface area contributed by atoms with Crippen molar-refractivity contribution in [3.8, 4) is 0 Å². The Bertz CT molecular complexity index is 1610. The van der Waals surface area contributed by atoms with Crippen LogP contribution in [0.5, 0.6) is 0 Å². The fourth-order valence-corrected chi connectivity index (χ4v) is 10.5. The Morgan fingerprint density at radius 3 is 0.775 bits per heavy atom. The first-order chi connectivity index (χ1) is 38.1. The molecule has 0 aliphatic heterocycles. The molecule has 474 valence electrons. The molecule has 0 aliphatic carbocycles. The third-order valence-corrected chi connectivity index (χ3v) is 15.7. The molecule has 0 radical (unpaired) electrons. The Labute approximate surface area is 486 Å². The van der Waals surface area contributed by atoms with Gasteiger partial charge < -0.3 is 33.8 Å². The topological polar surface area (TPSA) is 237 Å². The number of rotatable bonds is 58. The monoisotopic (exact) mass is 1180 g/mol. The van der Waals surface area contributed by atoms with E-state index in [-0.39, 0.29) is 25.7 Å². The molecule has 0 fully saturated rings. The van der Waals surface area contributed by atoms with Crippen molar-refractivity contribution >= 4 is 39.5 Å². The van der Waals surface area contributed by atoms with Gasteiger partial charge in [0.1, 0.15) is 19.3 Å². The van der Waals surface area contributed by atoms with E-state index in [1.165, 1.54) is 77.0 Å². The molecule has 0 aromatic carbocycles. The molecule has 80 heavy (non-hydrogen) atoms. The van der Waals surface area contributed by atoms with Gasteiger partial charge >= 0.3 is 39.5 Å². The fraction of sp³-hybridized carbons (Fsp3) is 0.934. The Morgan fingerprint density at radius 2 is 0.525 bits per heavy atom. The summed E-state index contributed by atoms with van der Waals surface area (Å²) in [5, 5.41) is 10.5. The molecule has 0 aromatic heterocycles. The van der Waals surface area contributed by atoms with Gasteiger partial charge in [0, 0.05) is 25.7 Å². The smallest absolute Gasteiger partial charge is 0.462 e. The fourth-order valence-electron chi connectivity index (χ4n) is 8.90. The van der Waals surface area contributed by atoms with Gasteiger partial charge in [-0.15, -0.1) is 0 Å². The first-order valence-corrected chi connectivity index (χ1v) is 34.7. The third-order valence-electron chi connectivity index (χ3n) is 13.8. The molecule has 5 atom stereocenters. The van der Waals surface area contributed by atoms with E-state index in [9.17, 15) is 43.2 Å². The molecule has 0 bridgehead atoms. The van der Waals surface area contributed by atoms with Crippen LogP contribution in [0.15, 0.2) is 0 Å². The summed E-state index contributed by atoms with van der Waals surface area (Å²) in [5.41, 5.74) is 0. The van der Waals surface area contributed by atoms with E-state index >= 15 is 0 Å². The zero-order valence-corrected chi connectivity index (χ0v) is 53.5. The molecule has 0 heterocycles. The van der Waals surface area contributed by atoms with E-state index in [1.54, 1.807) is 0 Å². The normalized spacial score (nSPS) is 14.5. The molecular weight excluding hydrogens is 1070 g/mol. The number of hydrogen-bond donors (Lipinski definition) is 3. The number of ether oxygens (including phenoxy) is 4. The number of carbonyl (C=O) groups excluding carboxylic acids is 4. The first kappa shape index (κ1) is 78.1. The van der Waals surface area contributed by atoms with E-state index in [2.05, 4.69) is 55.4 Å². The van der Waals surface area contributed by atoms with Gasteiger partial charge in [-0.1, -0.05) is 235 Å². The molecule has 2 unspecified atom stereocenters. The van der Waals surface area contributed by atoms with Gasteiger partial charge in [0.2, 0.25) is 0 Å². The van der Waals surface area contributed by atoms with Crippen LogP contribution in [0.3, 0.4) is 0 Å². The van der Waals surface area contributed by atoms with Gasteiger partial charge in [-0.2, -0.15) is 0 Å². The third kappa shape index (κ3) is 55.3. The Balaban J connectivity index is 5.25. The Kier molecular flexibility index (Phi) is 50.2. The number of phosphoric ester groups is 2. The molecule has 0 aliphatic rings. The number of hydrogen-bond acceptors (Lipinski definition) is 15. The molecule has 0 aromatic rings. The Morgan fingerprint density at radius 1 is 0.312 bits per heavy atom. The highest BCUT2D eigenvalue weighted by atomic mass is 31.2. The highest BCUT2D eigenvalue weighted by Gasteiger charge is 2.30. The van der Waals surface area contributed by atoms with Crippen molar-refractivity contribution in [2.45, 2.75) is 305 Å². The second-order valence-corrected chi connectivity index (χ2v) is 26.9. The molecule has 3 N–H and O–H groups in total. The lowest BCUT2D eigenvalue weighted by Crippen LogP contribution is -2.30. The summed E-state index contributed by atoms with van der Waals surface area (Å²) in [6.07, 6.45) is 29.8. The molecular formula is C61H118O17P2. The van der Waals surface area contributed by atoms with Crippen molar-refractivity contribution in [1.29, 1.82) is 0 Å². The molecule has 0 spiro atoms. The Hall–Kier alpha value is -1.94. The maximum Gasteiger partial charge on any atom is 0.472 e. The number of phosphoric acid groups is 2. The summed E-state index contributed by atoms with van der Waals surface area (Å²) in [5.74, 6) is 0.643. The zero-order valence-electron chi connectivity index (χ0n) is 51.7. The summed E-state index contributed by atoms with van der Waals surface area (Å²) in [4.78, 5) is 72.0. The molecule has 0 amide bonds. The SMILES string of the molecule is CC(C)CCCCCCCCCCCC(=O)O[C@H](COC(=O)CCCCCCCCC(C)C)COP(=O)(O)OC[C@@H](O)COP(=O)(O)OC[C@@H](COC(=O)CCCCCCCCC(C)C)OC(=O)CCCCCCCCCC(C)C. The summed E-state index contributed by atoms with van der Waals surface area (Å²) in [7, 11) is -9.88. The van der Waals surface area contributed by atoms with Gasteiger partial charge in [0.05, 0.1) is 26.4 Å². The van der Waals surface area contributed by atoms with Crippen LogP contribution < -0.4 is 0 Å². The van der Waals surface area contributed by atoms with Crippen LogP contribution >= 0.6 is 15.6 Å². The van der Waals surface area contributed by atoms with Gasteiger partial charge in [-0.25, -0.2) is 9.13 Å². The molecule has 0 saturated carbocycles. The van der Waals surface area contributed by atoms with Crippen LogP contribution in [-0.2, 0) is 65.4 Å². The lowest BCUT2D eigenvalue weighted by atomic mass is 10.0. The van der Waals surface area contributed by atoms with Crippen LogP contribution in [0.25, 0.3) is 0 Å². The molecule has 0 rings (SSSR count). The van der Waals surface area contributed by atoms with Gasteiger partial charge in [-0.3, -0.25) is 37.3 Å². The first-order valence-electron chi connectivity index (χ1n) is 31.7. The predicted molar refractivity (Wildman–Crippen MR) is 317 cm³/mol. The molecule has 19 heteroatoms. The quantitative estimate of drug-likeness (QED) is 0.0222. The largest absolute Gasteiger partial charge is 0.472 e. The number of aliphatic hydroxyl groups excluding tert-OH is 1. The maximum absolute atomic E-state index is 12.9. The van der Waals surface area contributed by atoms with E-state index in [4.69, 9.17) is 37.0 Å². The molecule has 0 saturated heterocycles. The van der Waals surface area contributed by atoms with Crippen LogP contribution in [-0.4, -0.2) is 96.7 Å². The van der Waals surface area contributed by atoms with E-state index < -0.39 is 97.5 Å². The maximum atomic E-state index is 12.9. The second kappa shape index (κ2) is 51.5. The lowest BCUT2D eigenvalue weighted by molar-refractivity contribution is -0.161. The van der Waals surface area contributed by atoms with Crippen LogP contribution in [0.1, 0.15) is 287 Å². The van der Waals surface area contributed by atoms with Crippen molar-refractivity contribution in [2.24, 2.45) is 23.7 Å². The van der Waals surface area contributed by atoms with Crippen molar-refractivity contribution in [3.63, 3.8) is 0 Å². The minimum absolute atomic E-state index is 0.101. The average molecular weight is 1190 g/mol.